The fourth-order valence-corrected chi connectivity index (χ4v) is 3.40. The quantitative estimate of drug-likeness (QED) is 0.475. The van der Waals surface area contributed by atoms with Crippen LogP contribution in [-0.2, 0) is 22.5 Å². The Morgan fingerprint density at radius 2 is 2.11 bits per heavy atom. The maximum absolute atomic E-state index is 12.5. The molecule has 2 aromatic rings. The Kier molecular flexibility index (Phi) is 5.53. The van der Waals surface area contributed by atoms with E-state index in [2.05, 4.69) is 10.1 Å². The van der Waals surface area contributed by atoms with Crippen molar-refractivity contribution < 1.29 is 19.2 Å². The third kappa shape index (κ3) is 3.93. The van der Waals surface area contributed by atoms with Gasteiger partial charge < -0.3 is 10.1 Å². The van der Waals surface area contributed by atoms with Crippen LogP contribution in [0.2, 0.25) is 0 Å². The first kappa shape index (κ1) is 19.3. The molecular weight excluding hydrogens is 366 g/mol. The number of pyridine rings is 1. The first-order valence-corrected chi connectivity index (χ1v) is 8.75. The van der Waals surface area contributed by atoms with Crippen molar-refractivity contribution in [1.82, 2.24) is 9.88 Å². The standard InChI is InChI=1S/C19H19N3O6/c1-28-19(25)13-9-16(22(26)27)18(24)21(10-13)11-17(23)20-15-8-4-6-12-5-2-3-7-14(12)15/h2-3,5,7,9-10,15H,4,6,8,11H2,1H3,(H,20,23). The monoisotopic (exact) mass is 385 g/mol. The van der Waals surface area contributed by atoms with Gasteiger partial charge in [-0.05, 0) is 30.4 Å². The maximum Gasteiger partial charge on any atom is 0.339 e. The van der Waals surface area contributed by atoms with Crippen molar-refractivity contribution in [3.8, 4) is 0 Å². The zero-order chi connectivity index (χ0) is 20.3. The van der Waals surface area contributed by atoms with Gasteiger partial charge in [-0.1, -0.05) is 24.3 Å². The number of fused-ring (bicyclic) bond motifs is 1. The number of nitrogens with zero attached hydrogens (tertiary/aromatic N) is 2. The van der Waals surface area contributed by atoms with Crippen molar-refractivity contribution in [2.45, 2.75) is 31.8 Å². The first-order valence-electron chi connectivity index (χ1n) is 8.75. The van der Waals surface area contributed by atoms with Crippen molar-refractivity contribution >= 4 is 17.6 Å². The summed E-state index contributed by atoms with van der Waals surface area (Å²) in [6.45, 7) is -0.441. The average molecular weight is 385 g/mol. The summed E-state index contributed by atoms with van der Waals surface area (Å²) < 4.78 is 5.41. The lowest BCUT2D eigenvalue weighted by Crippen LogP contribution is -2.36. The second-order valence-corrected chi connectivity index (χ2v) is 6.51. The summed E-state index contributed by atoms with van der Waals surface area (Å²) in [7, 11) is 1.12. The molecule has 9 heteroatoms. The molecule has 0 saturated heterocycles. The van der Waals surface area contributed by atoms with Gasteiger partial charge in [-0.25, -0.2) is 4.79 Å². The van der Waals surface area contributed by atoms with E-state index in [1.54, 1.807) is 0 Å². The predicted octanol–water partition coefficient (Wildman–Crippen LogP) is 1.74. The Labute approximate surface area is 160 Å². The van der Waals surface area contributed by atoms with Crippen LogP contribution in [0.1, 0.15) is 40.4 Å². The number of nitrogens with one attached hydrogen (secondary N) is 1. The Morgan fingerprint density at radius 3 is 2.82 bits per heavy atom. The lowest BCUT2D eigenvalue weighted by atomic mass is 9.88. The second kappa shape index (κ2) is 8.03. The smallest absolute Gasteiger partial charge is 0.339 e. The molecule has 1 aliphatic carbocycles. The highest BCUT2D eigenvalue weighted by Gasteiger charge is 2.24. The van der Waals surface area contributed by atoms with Gasteiger partial charge in [0, 0.05) is 12.3 Å². The van der Waals surface area contributed by atoms with Gasteiger partial charge in [0.2, 0.25) is 5.91 Å². The van der Waals surface area contributed by atoms with Crippen LogP contribution in [0.3, 0.4) is 0 Å². The lowest BCUT2D eigenvalue weighted by molar-refractivity contribution is -0.386. The number of amides is 1. The van der Waals surface area contributed by atoms with Gasteiger partial charge in [-0.3, -0.25) is 24.3 Å². The number of benzene rings is 1. The highest BCUT2D eigenvalue weighted by molar-refractivity contribution is 5.89. The number of esters is 1. The number of nitro groups is 1. The van der Waals surface area contributed by atoms with E-state index in [1.165, 1.54) is 5.56 Å². The van der Waals surface area contributed by atoms with Crippen molar-refractivity contribution in [2.75, 3.05) is 7.11 Å². The molecule has 0 bridgehead atoms. The highest BCUT2D eigenvalue weighted by Crippen LogP contribution is 2.29. The van der Waals surface area contributed by atoms with Crippen LogP contribution < -0.4 is 10.9 Å². The molecule has 1 N–H and O–H groups in total. The molecule has 3 rings (SSSR count). The van der Waals surface area contributed by atoms with Gasteiger partial charge in [-0.2, -0.15) is 0 Å². The van der Waals surface area contributed by atoms with Gasteiger partial charge in [0.1, 0.15) is 6.54 Å². The van der Waals surface area contributed by atoms with Crippen molar-refractivity contribution in [2.24, 2.45) is 0 Å². The Hall–Kier alpha value is -3.49. The fourth-order valence-electron chi connectivity index (χ4n) is 3.40. The molecule has 28 heavy (non-hydrogen) atoms. The minimum absolute atomic E-state index is 0.176. The number of hydrogen-bond acceptors (Lipinski definition) is 6. The number of carbonyl (C=O) groups is 2. The molecule has 1 unspecified atom stereocenters. The predicted molar refractivity (Wildman–Crippen MR) is 99.0 cm³/mol. The molecule has 1 atom stereocenters. The summed E-state index contributed by atoms with van der Waals surface area (Å²) in [5.74, 6) is -1.31. The number of methoxy groups -OCH3 is 1. The molecule has 146 valence electrons. The number of ether oxygens (including phenoxy) is 1. The van der Waals surface area contributed by atoms with Gasteiger partial charge in [-0.15, -0.1) is 0 Å². The molecule has 1 amide bonds. The summed E-state index contributed by atoms with van der Waals surface area (Å²) in [5, 5.41) is 14.0. The fraction of sp³-hybridized carbons (Fsp3) is 0.316. The number of rotatable bonds is 5. The van der Waals surface area contributed by atoms with Crippen LogP contribution in [0.15, 0.2) is 41.3 Å². The van der Waals surface area contributed by atoms with Gasteiger partial charge in [0.05, 0.1) is 23.6 Å². The molecule has 0 spiro atoms. The number of aryl methyl sites for hydroxylation is 1. The van der Waals surface area contributed by atoms with Crippen molar-refractivity contribution in [3.63, 3.8) is 0 Å². The second-order valence-electron chi connectivity index (χ2n) is 6.51. The Morgan fingerprint density at radius 1 is 1.36 bits per heavy atom. The number of aromatic nitrogens is 1. The molecule has 9 nitrogen and oxygen atoms in total. The molecular formula is C19H19N3O6. The van der Waals surface area contributed by atoms with E-state index >= 15 is 0 Å². The summed E-state index contributed by atoms with van der Waals surface area (Å²) >= 11 is 0. The molecule has 1 aliphatic rings. The van der Waals surface area contributed by atoms with Crippen LogP contribution in [0.25, 0.3) is 0 Å². The largest absolute Gasteiger partial charge is 0.465 e. The van der Waals surface area contributed by atoms with Crippen LogP contribution >= 0.6 is 0 Å². The molecule has 1 aromatic carbocycles. The lowest BCUT2D eigenvalue weighted by Gasteiger charge is -2.26. The molecule has 1 aromatic heterocycles. The molecule has 1 heterocycles. The molecule has 0 radical (unpaired) electrons. The SMILES string of the molecule is COC(=O)c1cc([N+](=O)[O-])c(=O)n(CC(=O)NC2CCCc3ccccc32)c1. The van der Waals surface area contributed by atoms with Crippen molar-refractivity contribution in [1.29, 1.82) is 0 Å². The van der Waals surface area contributed by atoms with Gasteiger partial charge >= 0.3 is 17.2 Å². The van der Waals surface area contributed by atoms with E-state index in [4.69, 9.17) is 0 Å². The molecule has 0 aliphatic heterocycles. The third-order valence-electron chi connectivity index (χ3n) is 4.70. The summed E-state index contributed by atoms with van der Waals surface area (Å²) in [6.07, 6.45) is 3.72. The molecule has 0 saturated carbocycles. The van der Waals surface area contributed by atoms with Crippen LogP contribution in [0.5, 0.6) is 0 Å². The zero-order valence-electron chi connectivity index (χ0n) is 15.2. The minimum atomic E-state index is -0.961. The topological polar surface area (TPSA) is 121 Å². The number of carbonyl (C=O) groups excluding carboxylic acids is 2. The van der Waals surface area contributed by atoms with Crippen molar-refractivity contribution in [3.05, 3.63) is 73.7 Å². The van der Waals surface area contributed by atoms with Gasteiger partial charge in [0.15, 0.2) is 0 Å². The normalized spacial score (nSPS) is 15.4. The highest BCUT2D eigenvalue weighted by atomic mass is 16.6. The van der Waals surface area contributed by atoms with Crippen LogP contribution in [0, 0.1) is 10.1 Å². The number of hydrogen-bond donors (Lipinski definition) is 1. The molecule has 0 fully saturated rings. The van der Waals surface area contributed by atoms with E-state index in [0.29, 0.717) is 0 Å². The minimum Gasteiger partial charge on any atom is -0.465 e. The zero-order valence-corrected chi connectivity index (χ0v) is 15.2. The Bertz CT molecular complexity index is 997. The Balaban J connectivity index is 1.84. The van der Waals surface area contributed by atoms with E-state index in [0.717, 1.165) is 48.8 Å². The van der Waals surface area contributed by atoms with Gasteiger partial charge in [0.25, 0.3) is 0 Å². The maximum atomic E-state index is 12.5. The summed E-state index contributed by atoms with van der Waals surface area (Å²) in [4.78, 5) is 46.8. The summed E-state index contributed by atoms with van der Waals surface area (Å²) in [5.41, 5.74) is 0.267. The first-order chi connectivity index (χ1) is 13.4. The third-order valence-corrected chi connectivity index (χ3v) is 4.70. The summed E-state index contributed by atoms with van der Waals surface area (Å²) in [6, 6.07) is 8.47. The van der Waals surface area contributed by atoms with E-state index in [-0.39, 0.29) is 11.6 Å². The van der Waals surface area contributed by atoms with Crippen LogP contribution in [0.4, 0.5) is 5.69 Å². The van der Waals surface area contributed by atoms with Crippen LogP contribution in [-0.4, -0.2) is 28.5 Å². The van der Waals surface area contributed by atoms with E-state index < -0.39 is 34.6 Å². The van der Waals surface area contributed by atoms with E-state index in [9.17, 15) is 24.5 Å². The van der Waals surface area contributed by atoms with E-state index in [1.807, 2.05) is 24.3 Å². The average Bonchev–Trinajstić information content (AvgIpc) is 2.69.